The van der Waals surface area contributed by atoms with E-state index in [1.807, 2.05) is 17.8 Å². The van der Waals surface area contributed by atoms with Crippen LogP contribution in [0, 0.1) is 0 Å². The molecule has 112 valence electrons. The largest absolute Gasteiger partial charge is 0.494 e. The summed E-state index contributed by atoms with van der Waals surface area (Å²) in [6, 6.07) is 5.39. The number of hydrogen-bond acceptors (Lipinski definition) is 5. The summed E-state index contributed by atoms with van der Waals surface area (Å²) in [6.45, 7) is 1.65. The molecule has 1 saturated heterocycles. The predicted molar refractivity (Wildman–Crippen MR) is 84.1 cm³/mol. The van der Waals surface area contributed by atoms with Gasteiger partial charge in [0.2, 0.25) is 0 Å². The Morgan fingerprint density at radius 3 is 3.00 bits per heavy atom. The Hall–Kier alpha value is -1.53. The molecule has 0 spiro atoms. The van der Waals surface area contributed by atoms with Crippen LogP contribution in [-0.4, -0.2) is 35.5 Å². The fraction of sp³-hybridized carbons (Fsp3) is 0.467. The van der Waals surface area contributed by atoms with Gasteiger partial charge in [-0.3, -0.25) is 4.79 Å². The van der Waals surface area contributed by atoms with E-state index in [9.17, 15) is 4.79 Å². The van der Waals surface area contributed by atoms with Gasteiger partial charge >= 0.3 is 0 Å². The summed E-state index contributed by atoms with van der Waals surface area (Å²) in [4.78, 5) is 19.6. The van der Waals surface area contributed by atoms with Crippen molar-refractivity contribution in [3.05, 3.63) is 34.4 Å². The van der Waals surface area contributed by atoms with Crippen LogP contribution in [0.25, 0.3) is 10.9 Å². The number of para-hydroxylation sites is 1. The van der Waals surface area contributed by atoms with E-state index >= 15 is 0 Å². The molecule has 1 fully saturated rings. The lowest BCUT2D eigenvalue weighted by atomic mass is 10.2. The Bertz CT molecular complexity index is 680. The lowest BCUT2D eigenvalue weighted by molar-refractivity contribution is 0.1000. The number of nitrogens with one attached hydrogen (secondary N) is 1. The predicted octanol–water partition coefficient (Wildman–Crippen LogP) is 2.34. The molecule has 0 unspecified atom stereocenters. The van der Waals surface area contributed by atoms with Crippen LogP contribution in [0.1, 0.15) is 18.7 Å². The molecular weight excluding hydrogens is 288 g/mol. The summed E-state index contributed by atoms with van der Waals surface area (Å²) in [5.74, 6) is 2.04. The Labute approximate surface area is 127 Å². The van der Waals surface area contributed by atoms with Gasteiger partial charge in [0.05, 0.1) is 18.2 Å². The minimum atomic E-state index is -0.110. The van der Waals surface area contributed by atoms with Gasteiger partial charge in [-0.15, -0.1) is 0 Å². The monoisotopic (exact) mass is 306 g/mol. The summed E-state index contributed by atoms with van der Waals surface area (Å²) in [6.07, 6.45) is 2.12. The van der Waals surface area contributed by atoms with Crippen LogP contribution in [0.2, 0.25) is 0 Å². The molecule has 0 aliphatic carbocycles. The second-order valence-electron chi connectivity index (χ2n) is 4.99. The minimum Gasteiger partial charge on any atom is -0.494 e. The van der Waals surface area contributed by atoms with Crippen molar-refractivity contribution in [2.45, 2.75) is 23.8 Å². The third kappa shape index (κ3) is 3.22. The van der Waals surface area contributed by atoms with E-state index < -0.39 is 0 Å². The summed E-state index contributed by atoms with van der Waals surface area (Å²) in [5, 5.41) is 1.14. The minimum absolute atomic E-state index is 0.110. The van der Waals surface area contributed by atoms with Crippen molar-refractivity contribution < 1.29 is 9.47 Å². The number of aromatic nitrogens is 2. The van der Waals surface area contributed by atoms with Crippen LogP contribution in [0.5, 0.6) is 5.75 Å². The second-order valence-corrected chi connectivity index (χ2v) is 6.28. The highest BCUT2D eigenvalue weighted by Gasteiger charge is 2.15. The third-order valence-electron chi connectivity index (χ3n) is 3.59. The number of rotatable bonds is 4. The number of hydrogen-bond donors (Lipinski definition) is 1. The van der Waals surface area contributed by atoms with Gasteiger partial charge in [0.1, 0.15) is 17.1 Å². The van der Waals surface area contributed by atoms with E-state index in [1.54, 1.807) is 19.2 Å². The van der Waals surface area contributed by atoms with Crippen molar-refractivity contribution in [2.24, 2.45) is 0 Å². The van der Waals surface area contributed by atoms with Gasteiger partial charge in [-0.1, -0.05) is 6.07 Å². The first-order valence-electron chi connectivity index (χ1n) is 7.03. The van der Waals surface area contributed by atoms with E-state index in [-0.39, 0.29) is 5.56 Å². The van der Waals surface area contributed by atoms with E-state index in [0.29, 0.717) is 33.5 Å². The quantitative estimate of drug-likeness (QED) is 0.939. The highest BCUT2D eigenvalue weighted by molar-refractivity contribution is 7.99. The van der Waals surface area contributed by atoms with Gasteiger partial charge in [0, 0.05) is 18.5 Å². The van der Waals surface area contributed by atoms with Crippen molar-refractivity contribution in [3.63, 3.8) is 0 Å². The first kappa shape index (κ1) is 14.4. The van der Waals surface area contributed by atoms with Crippen LogP contribution >= 0.6 is 11.8 Å². The molecule has 0 saturated carbocycles. The van der Waals surface area contributed by atoms with Crippen molar-refractivity contribution in [3.8, 4) is 5.75 Å². The van der Waals surface area contributed by atoms with E-state index in [0.717, 1.165) is 26.1 Å². The smallest absolute Gasteiger partial charge is 0.258 e. The Morgan fingerprint density at radius 2 is 2.24 bits per heavy atom. The lowest BCUT2D eigenvalue weighted by Gasteiger charge is -2.21. The fourth-order valence-electron chi connectivity index (χ4n) is 2.45. The molecule has 6 heteroatoms. The molecular formula is C15H18N2O3S. The van der Waals surface area contributed by atoms with Crippen LogP contribution in [0.4, 0.5) is 0 Å². The van der Waals surface area contributed by atoms with Crippen molar-refractivity contribution in [2.75, 3.05) is 20.3 Å². The molecule has 0 bridgehead atoms. The van der Waals surface area contributed by atoms with E-state index in [1.165, 1.54) is 0 Å². The average molecular weight is 306 g/mol. The summed E-state index contributed by atoms with van der Waals surface area (Å²) in [5.41, 5.74) is 0.521. The molecule has 1 N–H and O–H groups in total. The summed E-state index contributed by atoms with van der Waals surface area (Å²) in [7, 11) is 1.59. The molecule has 1 aromatic carbocycles. The van der Waals surface area contributed by atoms with Crippen LogP contribution < -0.4 is 10.3 Å². The number of thioether (sulfide) groups is 1. The molecule has 0 atom stereocenters. The van der Waals surface area contributed by atoms with Gasteiger partial charge in [-0.2, -0.15) is 11.8 Å². The average Bonchev–Trinajstić information content (AvgIpc) is 2.53. The third-order valence-corrected chi connectivity index (χ3v) is 4.98. The van der Waals surface area contributed by atoms with Gasteiger partial charge in [-0.05, 0) is 25.0 Å². The molecule has 1 aliphatic rings. The maximum atomic E-state index is 12.1. The SMILES string of the molecule is COc1cccc2c(=O)[nH]c(CSC3CCOCC3)nc12. The van der Waals surface area contributed by atoms with Crippen LogP contribution in [0.15, 0.2) is 23.0 Å². The molecule has 0 radical (unpaired) electrons. The molecule has 0 amide bonds. The number of methoxy groups -OCH3 is 1. The number of nitrogens with zero attached hydrogens (tertiary/aromatic N) is 1. The van der Waals surface area contributed by atoms with Crippen LogP contribution in [0.3, 0.4) is 0 Å². The standard InChI is InChI=1S/C15H18N2O3S/c1-19-12-4-2-3-11-14(12)16-13(17-15(11)18)9-21-10-5-7-20-8-6-10/h2-4,10H,5-9H2,1H3,(H,16,17,18). The summed E-state index contributed by atoms with van der Waals surface area (Å²) >= 11 is 1.83. The first-order valence-corrected chi connectivity index (χ1v) is 8.08. The normalized spacial score (nSPS) is 16.2. The number of ether oxygens (including phenoxy) is 2. The summed E-state index contributed by atoms with van der Waals surface area (Å²) < 4.78 is 10.6. The van der Waals surface area contributed by atoms with Crippen molar-refractivity contribution >= 4 is 22.7 Å². The Morgan fingerprint density at radius 1 is 1.43 bits per heavy atom. The molecule has 1 aromatic heterocycles. The molecule has 3 rings (SSSR count). The lowest BCUT2D eigenvalue weighted by Crippen LogP contribution is -2.18. The van der Waals surface area contributed by atoms with E-state index in [4.69, 9.17) is 9.47 Å². The highest BCUT2D eigenvalue weighted by atomic mass is 32.2. The van der Waals surface area contributed by atoms with Gasteiger partial charge in [0.15, 0.2) is 0 Å². The van der Waals surface area contributed by atoms with Gasteiger partial charge in [0.25, 0.3) is 5.56 Å². The maximum absolute atomic E-state index is 12.1. The first-order chi connectivity index (χ1) is 10.3. The van der Waals surface area contributed by atoms with E-state index in [2.05, 4.69) is 9.97 Å². The zero-order valence-electron chi connectivity index (χ0n) is 11.9. The number of fused-ring (bicyclic) bond motifs is 1. The second kappa shape index (κ2) is 6.49. The topological polar surface area (TPSA) is 64.2 Å². The fourth-order valence-corrected chi connectivity index (χ4v) is 3.51. The molecule has 1 aliphatic heterocycles. The molecule has 5 nitrogen and oxygen atoms in total. The van der Waals surface area contributed by atoms with Crippen LogP contribution in [-0.2, 0) is 10.5 Å². The molecule has 2 aromatic rings. The van der Waals surface area contributed by atoms with Gasteiger partial charge in [-0.25, -0.2) is 4.98 Å². The zero-order valence-corrected chi connectivity index (χ0v) is 12.7. The van der Waals surface area contributed by atoms with Crippen molar-refractivity contribution in [1.82, 2.24) is 9.97 Å². The number of aromatic amines is 1. The van der Waals surface area contributed by atoms with Gasteiger partial charge < -0.3 is 14.5 Å². The zero-order chi connectivity index (χ0) is 14.7. The number of H-pyrrole nitrogens is 1. The Kier molecular flexibility index (Phi) is 4.45. The molecule has 2 heterocycles. The Balaban J connectivity index is 1.83. The maximum Gasteiger partial charge on any atom is 0.258 e. The highest BCUT2D eigenvalue weighted by Crippen LogP contribution is 2.26. The number of benzene rings is 1. The molecule has 21 heavy (non-hydrogen) atoms. The van der Waals surface area contributed by atoms with Crippen molar-refractivity contribution in [1.29, 1.82) is 0 Å².